The van der Waals surface area contributed by atoms with E-state index in [9.17, 15) is 4.79 Å². The third-order valence-electron chi connectivity index (χ3n) is 6.93. The maximum Gasteiger partial charge on any atom is 0.248 e. The Morgan fingerprint density at radius 1 is 1.03 bits per heavy atom. The maximum absolute atomic E-state index is 11.6. The molecule has 0 saturated carbocycles. The smallest absolute Gasteiger partial charge is 0.248 e. The minimum absolute atomic E-state index is 0.0304. The Labute approximate surface area is 191 Å². The highest BCUT2D eigenvalue weighted by molar-refractivity contribution is 5.92. The van der Waals surface area contributed by atoms with Crippen molar-refractivity contribution in [3.63, 3.8) is 0 Å². The molecule has 1 fully saturated rings. The van der Waals surface area contributed by atoms with Gasteiger partial charge >= 0.3 is 0 Å². The summed E-state index contributed by atoms with van der Waals surface area (Å²) in [5.41, 5.74) is 9.77. The average molecular weight is 429 g/mol. The highest BCUT2D eigenvalue weighted by Crippen LogP contribution is 2.40. The van der Waals surface area contributed by atoms with Crippen molar-refractivity contribution in [2.45, 2.75) is 38.8 Å². The van der Waals surface area contributed by atoms with E-state index in [0.717, 1.165) is 31.8 Å². The highest BCUT2D eigenvalue weighted by Gasteiger charge is 2.38. The molecule has 0 spiro atoms. The van der Waals surface area contributed by atoms with E-state index in [4.69, 9.17) is 10.5 Å². The molecule has 0 bridgehead atoms. The lowest BCUT2D eigenvalue weighted by atomic mass is 9.68. The first-order valence-corrected chi connectivity index (χ1v) is 11.3. The molecule has 1 aliphatic heterocycles. The molecule has 2 unspecified atom stereocenters. The van der Waals surface area contributed by atoms with Crippen molar-refractivity contribution in [1.29, 1.82) is 0 Å². The number of primary amides is 1. The van der Waals surface area contributed by atoms with Gasteiger partial charge in [-0.3, -0.25) is 9.69 Å². The predicted molar refractivity (Wildman–Crippen MR) is 129 cm³/mol. The van der Waals surface area contributed by atoms with Crippen LogP contribution in [-0.2, 0) is 18.6 Å². The zero-order valence-electron chi connectivity index (χ0n) is 19.0. The fourth-order valence-electron chi connectivity index (χ4n) is 4.65. The topological polar surface area (TPSA) is 55.6 Å². The van der Waals surface area contributed by atoms with E-state index in [-0.39, 0.29) is 11.3 Å². The summed E-state index contributed by atoms with van der Waals surface area (Å²) in [5.74, 6) is 0.997. The third-order valence-corrected chi connectivity index (χ3v) is 6.93. The minimum Gasteiger partial charge on any atom is -0.489 e. The number of hydrogen-bond acceptors (Lipinski definition) is 3. The van der Waals surface area contributed by atoms with E-state index in [2.05, 4.69) is 55.1 Å². The SMILES string of the molecule is CC1CN(Cc2cccc(OCc3ccccc3)c2)CCC1(C)c1cccc(C(N)=O)c1. The number of rotatable bonds is 7. The molecule has 3 aromatic rings. The summed E-state index contributed by atoms with van der Waals surface area (Å²) in [4.78, 5) is 14.2. The molecule has 1 saturated heterocycles. The molecule has 2 atom stereocenters. The molecule has 2 N–H and O–H groups in total. The number of benzene rings is 3. The number of amides is 1. The van der Waals surface area contributed by atoms with Crippen LogP contribution in [0.1, 0.15) is 47.3 Å². The summed E-state index contributed by atoms with van der Waals surface area (Å²) in [6.45, 7) is 8.12. The maximum atomic E-state index is 11.6. The van der Waals surface area contributed by atoms with Gasteiger partial charge in [0.1, 0.15) is 12.4 Å². The first-order valence-electron chi connectivity index (χ1n) is 11.3. The van der Waals surface area contributed by atoms with E-state index < -0.39 is 0 Å². The van der Waals surface area contributed by atoms with Gasteiger partial charge in [-0.2, -0.15) is 0 Å². The van der Waals surface area contributed by atoms with Gasteiger partial charge < -0.3 is 10.5 Å². The van der Waals surface area contributed by atoms with Crippen molar-refractivity contribution in [2.24, 2.45) is 11.7 Å². The molecule has 0 aromatic heterocycles. The van der Waals surface area contributed by atoms with Crippen LogP contribution in [0.4, 0.5) is 0 Å². The fourth-order valence-corrected chi connectivity index (χ4v) is 4.65. The molecular weight excluding hydrogens is 396 g/mol. The Morgan fingerprint density at radius 3 is 2.53 bits per heavy atom. The fraction of sp³-hybridized carbons (Fsp3) is 0.321. The van der Waals surface area contributed by atoms with Crippen molar-refractivity contribution in [3.05, 3.63) is 101 Å². The predicted octanol–water partition coefficient (Wildman–Crippen LogP) is 5.16. The quantitative estimate of drug-likeness (QED) is 0.565. The zero-order chi connectivity index (χ0) is 22.6. The number of nitrogens with zero attached hydrogens (tertiary/aromatic N) is 1. The summed E-state index contributed by atoms with van der Waals surface area (Å²) < 4.78 is 6.01. The molecule has 1 amide bonds. The van der Waals surface area contributed by atoms with Crippen LogP contribution >= 0.6 is 0 Å². The molecule has 4 rings (SSSR count). The van der Waals surface area contributed by atoms with Crippen molar-refractivity contribution < 1.29 is 9.53 Å². The lowest BCUT2D eigenvalue weighted by molar-refractivity contribution is 0.0995. The number of piperidine rings is 1. The van der Waals surface area contributed by atoms with E-state index >= 15 is 0 Å². The highest BCUT2D eigenvalue weighted by atomic mass is 16.5. The number of likely N-dealkylation sites (tertiary alicyclic amines) is 1. The second-order valence-corrected chi connectivity index (χ2v) is 9.17. The molecule has 166 valence electrons. The number of hydrogen-bond donors (Lipinski definition) is 1. The monoisotopic (exact) mass is 428 g/mol. The van der Waals surface area contributed by atoms with E-state index in [1.165, 1.54) is 16.7 Å². The summed E-state index contributed by atoms with van der Waals surface area (Å²) in [5, 5.41) is 0. The lowest BCUT2D eigenvalue weighted by Gasteiger charge is -2.45. The second-order valence-electron chi connectivity index (χ2n) is 9.17. The summed E-state index contributed by atoms with van der Waals surface area (Å²) in [6.07, 6.45) is 1.04. The van der Waals surface area contributed by atoms with Gasteiger partial charge in [0.25, 0.3) is 0 Å². The summed E-state index contributed by atoms with van der Waals surface area (Å²) >= 11 is 0. The van der Waals surface area contributed by atoms with Crippen LogP contribution in [0.15, 0.2) is 78.9 Å². The van der Waals surface area contributed by atoms with Gasteiger partial charge in [-0.25, -0.2) is 0 Å². The Kier molecular flexibility index (Phi) is 6.61. The normalized spacial score (nSPS) is 21.2. The van der Waals surface area contributed by atoms with Gasteiger partial charge in [0.05, 0.1) is 0 Å². The Morgan fingerprint density at radius 2 is 1.78 bits per heavy atom. The van der Waals surface area contributed by atoms with Crippen LogP contribution < -0.4 is 10.5 Å². The standard InChI is InChI=1S/C28H32N2O2/c1-21-18-30(15-14-28(21,2)25-12-7-11-24(17-25)27(29)31)19-23-10-6-13-26(16-23)32-20-22-8-4-3-5-9-22/h3-13,16-17,21H,14-15,18-20H2,1-2H3,(H2,29,31). The minimum atomic E-state index is -0.366. The van der Waals surface area contributed by atoms with Gasteiger partial charge in [0.2, 0.25) is 5.91 Å². The lowest BCUT2D eigenvalue weighted by Crippen LogP contribution is -2.47. The van der Waals surface area contributed by atoms with Crippen LogP contribution in [0.2, 0.25) is 0 Å². The summed E-state index contributed by atoms with van der Waals surface area (Å²) in [6, 6.07) is 26.5. The van der Waals surface area contributed by atoms with Crippen molar-refractivity contribution in [3.8, 4) is 5.75 Å². The molecule has 0 aliphatic carbocycles. The molecule has 4 heteroatoms. The van der Waals surface area contributed by atoms with Crippen molar-refractivity contribution in [1.82, 2.24) is 4.90 Å². The van der Waals surface area contributed by atoms with Gasteiger partial charge in [-0.1, -0.05) is 68.4 Å². The Bertz CT molecular complexity index is 1070. The van der Waals surface area contributed by atoms with Crippen LogP contribution in [0.3, 0.4) is 0 Å². The number of carbonyl (C=O) groups excluding carboxylic acids is 1. The van der Waals surface area contributed by atoms with Crippen molar-refractivity contribution in [2.75, 3.05) is 13.1 Å². The van der Waals surface area contributed by atoms with Gasteiger partial charge in [0, 0.05) is 18.7 Å². The third kappa shape index (κ3) is 5.03. The van der Waals surface area contributed by atoms with Crippen LogP contribution in [0.25, 0.3) is 0 Å². The molecule has 3 aromatic carbocycles. The number of carbonyl (C=O) groups is 1. The number of nitrogens with two attached hydrogens (primary N) is 1. The first kappa shape index (κ1) is 22.1. The Hall–Kier alpha value is -3.11. The van der Waals surface area contributed by atoms with Gasteiger partial charge in [-0.15, -0.1) is 0 Å². The van der Waals surface area contributed by atoms with Crippen LogP contribution in [0.5, 0.6) is 5.75 Å². The molecule has 1 aliphatic rings. The van der Waals surface area contributed by atoms with E-state index in [1.807, 2.05) is 36.4 Å². The molecule has 0 radical (unpaired) electrons. The molecular formula is C28H32N2O2. The molecule has 4 nitrogen and oxygen atoms in total. The first-order chi connectivity index (χ1) is 15.4. The van der Waals surface area contributed by atoms with Gasteiger partial charge in [-0.05, 0) is 65.3 Å². The number of ether oxygens (including phenoxy) is 1. The van der Waals surface area contributed by atoms with Gasteiger partial charge in [0.15, 0.2) is 0 Å². The van der Waals surface area contributed by atoms with Crippen LogP contribution in [0, 0.1) is 5.92 Å². The van der Waals surface area contributed by atoms with E-state index in [1.54, 1.807) is 6.07 Å². The molecule has 1 heterocycles. The molecule has 32 heavy (non-hydrogen) atoms. The average Bonchev–Trinajstić information content (AvgIpc) is 2.81. The second kappa shape index (κ2) is 9.58. The zero-order valence-corrected chi connectivity index (χ0v) is 19.0. The largest absolute Gasteiger partial charge is 0.489 e. The van der Waals surface area contributed by atoms with Crippen molar-refractivity contribution >= 4 is 5.91 Å². The van der Waals surface area contributed by atoms with Crippen LogP contribution in [-0.4, -0.2) is 23.9 Å². The van der Waals surface area contributed by atoms with E-state index in [0.29, 0.717) is 18.1 Å². The summed E-state index contributed by atoms with van der Waals surface area (Å²) in [7, 11) is 0. The Balaban J connectivity index is 1.39.